The van der Waals surface area contributed by atoms with Gasteiger partial charge in [-0.25, -0.2) is 10.1 Å². The summed E-state index contributed by atoms with van der Waals surface area (Å²) in [6.45, 7) is -0.00322. The molecule has 1 heterocycles. The molecule has 0 bridgehead atoms. The molecule has 0 aliphatic heterocycles. The van der Waals surface area contributed by atoms with E-state index >= 15 is 0 Å². The van der Waals surface area contributed by atoms with E-state index in [2.05, 4.69) is 20.8 Å². The highest BCUT2D eigenvalue weighted by Gasteiger charge is 2.12. The third kappa shape index (κ3) is 4.52. The molecule has 0 aliphatic carbocycles. The van der Waals surface area contributed by atoms with E-state index in [0.717, 1.165) is 23.0 Å². The second-order valence-electron chi connectivity index (χ2n) is 6.83. The Morgan fingerprint density at radius 2 is 1.70 bits per heavy atom. The van der Waals surface area contributed by atoms with Gasteiger partial charge >= 0.3 is 0 Å². The summed E-state index contributed by atoms with van der Waals surface area (Å²) in [6.07, 6.45) is 1.30. The van der Waals surface area contributed by atoms with Crippen LogP contribution < -0.4 is 5.43 Å². The molecule has 0 spiro atoms. The summed E-state index contributed by atoms with van der Waals surface area (Å²) >= 11 is 0. The Balaban J connectivity index is 1.50. The number of carbonyl (C=O) groups is 1. The molecule has 0 aliphatic rings. The summed E-state index contributed by atoms with van der Waals surface area (Å²) in [6, 6.07) is 24.4. The molecule has 4 aromatic rings. The molecule has 30 heavy (non-hydrogen) atoms. The van der Waals surface area contributed by atoms with Crippen LogP contribution in [0.5, 0.6) is 5.75 Å². The largest absolute Gasteiger partial charge is 0.507 e. The maximum absolute atomic E-state index is 12.5. The molecule has 3 aromatic carbocycles. The van der Waals surface area contributed by atoms with Crippen LogP contribution in [0.1, 0.15) is 17.5 Å². The number of benzene rings is 3. The van der Waals surface area contributed by atoms with Crippen LogP contribution in [0.25, 0.3) is 11.0 Å². The average Bonchev–Trinajstić information content (AvgIpc) is 3.18. The third-order valence-electron chi connectivity index (χ3n) is 4.74. The Kier molecular flexibility index (Phi) is 5.80. The van der Waals surface area contributed by atoms with Crippen molar-refractivity contribution in [3.63, 3.8) is 0 Å². The normalized spacial score (nSPS) is 11.5. The lowest BCUT2D eigenvalue weighted by Crippen LogP contribution is -2.25. The first-order valence-corrected chi connectivity index (χ1v) is 9.66. The van der Waals surface area contributed by atoms with Gasteiger partial charge in [0, 0.05) is 5.56 Å². The lowest BCUT2D eigenvalue weighted by Gasteiger charge is -2.10. The molecular formula is C23H21N5O2. The Morgan fingerprint density at radius 1 is 0.967 bits per heavy atom. The van der Waals surface area contributed by atoms with Gasteiger partial charge in [-0.15, -0.1) is 5.10 Å². The molecule has 4 rings (SSSR count). The summed E-state index contributed by atoms with van der Waals surface area (Å²) in [7, 11) is 0. The number of aromatic hydroxyl groups is 1. The number of amides is 1. The molecule has 1 amide bonds. The second kappa shape index (κ2) is 9.00. The number of nitrogens with one attached hydrogen (secondary N) is 1. The zero-order valence-electron chi connectivity index (χ0n) is 16.3. The zero-order chi connectivity index (χ0) is 20.8. The molecule has 0 radical (unpaired) electrons. The topological polar surface area (TPSA) is 92.4 Å². The van der Waals surface area contributed by atoms with Gasteiger partial charge in [-0.05, 0) is 42.7 Å². The quantitative estimate of drug-likeness (QED) is 0.368. The highest BCUT2D eigenvalue weighted by Crippen LogP contribution is 2.19. The first kappa shape index (κ1) is 19.3. The minimum Gasteiger partial charge on any atom is -0.507 e. The first-order chi connectivity index (χ1) is 14.7. The third-order valence-corrected chi connectivity index (χ3v) is 4.74. The van der Waals surface area contributed by atoms with Crippen molar-refractivity contribution < 1.29 is 9.90 Å². The number of hydrazone groups is 1. The molecule has 7 heteroatoms. The number of aromatic nitrogens is 3. The van der Waals surface area contributed by atoms with Crippen molar-refractivity contribution in [1.29, 1.82) is 0 Å². The molecule has 150 valence electrons. The summed E-state index contributed by atoms with van der Waals surface area (Å²) in [5, 5.41) is 22.7. The van der Waals surface area contributed by atoms with Gasteiger partial charge < -0.3 is 5.11 Å². The van der Waals surface area contributed by atoms with Gasteiger partial charge in [0.2, 0.25) is 0 Å². The van der Waals surface area contributed by atoms with Crippen LogP contribution in [0.3, 0.4) is 0 Å². The number of hydrogen-bond donors (Lipinski definition) is 2. The van der Waals surface area contributed by atoms with E-state index in [0.29, 0.717) is 17.7 Å². The van der Waals surface area contributed by atoms with E-state index in [1.54, 1.807) is 18.2 Å². The average molecular weight is 399 g/mol. The van der Waals surface area contributed by atoms with E-state index < -0.39 is 0 Å². The smallest absolute Gasteiger partial charge is 0.261 e. The van der Waals surface area contributed by atoms with E-state index in [9.17, 15) is 9.90 Å². The van der Waals surface area contributed by atoms with E-state index in [1.165, 1.54) is 4.68 Å². The minimum absolute atomic E-state index is 0.00322. The molecule has 0 atom stereocenters. The summed E-state index contributed by atoms with van der Waals surface area (Å²) in [5.74, 6) is -0.195. The molecule has 7 nitrogen and oxygen atoms in total. The number of fused-ring (bicyclic) bond motifs is 1. The number of aryl methyl sites for hydroxylation is 1. The Morgan fingerprint density at radius 3 is 2.53 bits per heavy atom. The monoisotopic (exact) mass is 399 g/mol. The van der Waals surface area contributed by atoms with Gasteiger partial charge in [-0.3, -0.25) is 4.79 Å². The van der Waals surface area contributed by atoms with Crippen molar-refractivity contribution in [3.05, 3.63) is 90.0 Å². The number of phenols is 1. The van der Waals surface area contributed by atoms with Crippen LogP contribution in [-0.4, -0.2) is 31.7 Å². The molecule has 0 fully saturated rings. The van der Waals surface area contributed by atoms with Gasteiger partial charge in [-0.1, -0.05) is 59.8 Å². The standard InChI is InChI=1S/C23H21N5O2/c29-22-13-7-4-10-18(22)19(15-14-17-8-2-1-3-9-17)24-26-23(30)16-28-21-12-6-5-11-20(21)25-27-28/h1-13,29H,14-16H2,(H,26,30)/b24-19+. The Hall–Kier alpha value is -4.00. The Bertz CT molecular complexity index is 1180. The van der Waals surface area contributed by atoms with E-state index in [-0.39, 0.29) is 18.2 Å². The lowest BCUT2D eigenvalue weighted by atomic mass is 10.0. The van der Waals surface area contributed by atoms with Gasteiger partial charge in [0.1, 0.15) is 17.8 Å². The molecular weight excluding hydrogens is 378 g/mol. The maximum Gasteiger partial charge on any atom is 0.261 e. The fraction of sp³-hybridized carbons (Fsp3) is 0.130. The molecule has 0 saturated heterocycles. The number of rotatable bonds is 7. The van der Waals surface area contributed by atoms with Gasteiger partial charge in [-0.2, -0.15) is 5.10 Å². The van der Waals surface area contributed by atoms with E-state index in [4.69, 9.17) is 0 Å². The second-order valence-corrected chi connectivity index (χ2v) is 6.83. The van der Waals surface area contributed by atoms with Crippen LogP contribution in [0.4, 0.5) is 0 Å². The minimum atomic E-state index is -0.321. The van der Waals surface area contributed by atoms with Gasteiger partial charge in [0.15, 0.2) is 0 Å². The summed E-state index contributed by atoms with van der Waals surface area (Å²) in [4.78, 5) is 12.5. The SMILES string of the molecule is O=C(Cn1nnc2ccccc21)N/N=C(\CCc1ccccc1)c1ccccc1O. The molecule has 0 saturated carbocycles. The summed E-state index contributed by atoms with van der Waals surface area (Å²) < 4.78 is 1.53. The van der Waals surface area contributed by atoms with Crippen LogP contribution >= 0.6 is 0 Å². The maximum atomic E-state index is 12.5. The Labute approximate surface area is 173 Å². The number of carbonyl (C=O) groups excluding carboxylic acids is 1. The van der Waals surface area contributed by atoms with E-state index in [1.807, 2.05) is 60.7 Å². The van der Waals surface area contributed by atoms with Crippen molar-refractivity contribution in [3.8, 4) is 5.75 Å². The molecule has 0 unspecified atom stereocenters. The summed E-state index contributed by atoms with van der Waals surface area (Å²) in [5.41, 5.74) is 6.46. The van der Waals surface area contributed by atoms with Gasteiger partial charge in [0.05, 0.1) is 11.2 Å². The lowest BCUT2D eigenvalue weighted by molar-refractivity contribution is -0.121. The fourth-order valence-corrected chi connectivity index (χ4v) is 3.21. The van der Waals surface area contributed by atoms with Crippen LogP contribution in [0.2, 0.25) is 0 Å². The van der Waals surface area contributed by atoms with Crippen LogP contribution in [0.15, 0.2) is 84.0 Å². The van der Waals surface area contributed by atoms with Crippen molar-refractivity contribution in [2.45, 2.75) is 19.4 Å². The van der Waals surface area contributed by atoms with Gasteiger partial charge in [0.25, 0.3) is 5.91 Å². The molecule has 2 N–H and O–H groups in total. The predicted octanol–water partition coefficient (Wildman–Crippen LogP) is 3.29. The predicted molar refractivity (Wildman–Crippen MR) is 115 cm³/mol. The highest BCUT2D eigenvalue weighted by molar-refractivity contribution is 6.03. The number of para-hydroxylation sites is 2. The fourth-order valence-electron chi connectivity index (χ4n) is 3.21. The zero-order valence-corrected chi connectivity index (χ0v) is 16.3. The first-order valence-electron chi connectivity index (χ1n) is 9.66. The van der Waals surface area contributed by atoms with Crippen molar-refractivity contribution in [1.82, 2.24) is 20.4 Å². The number of phenolic OH excluding ortho intramolecular Hbond substituents is 1. The van der Waals surface area contributed by atoms with Crippen molar-refractivity contribution >= 4 is 22.7 Å². The van der Waals surface area contributed by atoms with Crippen molar-refractivity contribution in [2.75, 3.05) is 0 Å². The number of hydrogen-bond acceptors (Lipinski definition) is 5. The molecule has 1 aromatic heterocycles. The number of nitrogens with zero attached hydrogens (tertiary/aromatic N) is 4. The van der Waals surface area contributed by atoms with Crippen LogP contribution in [0, 0.1) is 0 Å². The van der Waals surface area contributed by atoms with Crippen LogP contribution in [-0.2, 0) is 17.8 Å². The van der Waals surface area contributed by atoms with Crippen molar-refractivity contribution in [2.24, 2.45) is 5.10 Å². The highest BCUT2D eigenvalue weighted by atomic mass is 16.3.